The molecule has 0 aliphatic carbocycles. The Kier molecular flexibility index (Phi) is 6.79. The number of aryl methyl sites for hydroxylation is 1. The Balaban J connectivity index is 2.02. The number of sulfonamides is 1. The van der Waals surface area contributed by atoms with Gasteiger partial charge in [0.05, 0.1) is 10.6 Å². The van der Waals surface area contributed by atoms with Crippen molar-refractivity contribution in [3.05, 3.63) is 90.3 Å². The summed E-state index contributed by atoms with van der Waals surface area (Å²) in [5, 5.41) is 1.46. The molecule has 0 unspecified atom stereocenters. The average Bonchev–Trinajstić information content (AvgIpc) is 2.72. The first kappa shape index (κ1) is 23.2. The Morgan fingerprint density at radius 2 is 1.78 bits per heavy atom. The Bertz CT molecular complexity index is 1340. The van der Waals surface area contributed by atoms with Crippen LogP contribution in [0.5, 0.6) is 0 Å². The van der Waals surface area contributed by atoms with Gasteiger partial charge in [0.2, 0.25) is 0 Å². The molecule has 0 spiro atoms. The lowest BCUT2D eigenvalue weighted by atomic mass is 10.1. The number of anilines is 1. The molecule has 5 nitrogen and oxygen atoms in total. The van der Waals surface area contributed by atoms with Gasteiger partial charge in [-0.1, -0.05) is 36.9 Å². The Hall–Kier alpha value is -3.45. The second-order valence-corrected chi connectivity index (χ2v) is 9.22. The van der Waals surface area contributed by atoms with Crippen LogP contribution in [0.1, 0.15) is 18.1 Å². The molecular weight excluding hydrogens is 425 g/mol. The minimum atomic E-state index is -3.90. The van der Waals surface area contributed by atoms with Gasteiger partial charge in [-0.25, -0.2) is 17.8 Å². The molecule has 166 valence electrons. The van der Waals surface area contributed by atoms with E-state index in [0.29, 0.717) is 22.2 Å². The highest BCUT2D eigenvalue weighted by molar-refractivity contribution is 7.90. The Labute approximate surface area is 188 Å². The van der Waals surface area contributed by atoms with Crippen LogP contribution in [-0.2, 0) is 10.0 Å². The maximum Gasteiger partial charge on any atom is 0.263 e. The van der Waals surface area contributed by atoms with Crippen LogP contribution in [0, 0.1) is 12.7 Å². The summed E-state index contributed by atoms with van der Waals surface area (Å²) >= 11 is 0. The van der Waals surface area contributed by atoms with Crippen molar-refractivity contribution in [3.8, 4) is 0 Å². The van der Waals surface area contributed by atoms with Gasteiger partial charge in [0.25, 0.3) is 10.0 Å². The summed E-state index contributed by atoms with van der Waals surface area (Å²) in [5.41, 5.74) is 2.77. The molecule has 0 fully saturated rings. The molecule has 0 radical (unpaired) electrons. The van der Waals surface area contributed by atoms with E-state index in [1.54, 1.807) is 50.3 Å². The fourth-order valence-electron chi connectivity index (χ4n) is 3.56. The number of allylic oxidation sites excluding steroid dienone is 2. The number of rotatable bonds is 6. The van der Waals surface area contributed by atoms with E-state index >= 15 is 0 Å². The second kappa shape index (κ2) is 9.36. The number of benzene rings is 3. The fraction of sp³-hybridized carbons (Fsp3) is 0.160. The van der Waals surface area contributed by atoms with Gasteiger partial charge < -0.3 is 4.90 Å². The lowest BCUT2D eigenvalue weighted by molar-refractivity contribution is 0.593. The number of fused-ring (bicyclic) bond motifs is 1. The summed E-state index contributed by atoms with van der Waals surface area (Å²) in [7, 11) is -0.0753. The van der Waals surface area contributed by atoms with Gasteiger partial charge in [-0.2, -0.15) is 0 Å². The third-order valence-corrected chi connectivity index (χ3v) is 6.44. The van der Waals surface area contributed by atoms with Crippen molar-refractivity contribution >= 4 is 38.0 Å². The number of halogens is 1. The van der Waals surface area contributed by atoms with Gasteiger partial charge in [-0.3, -0.25) is 4.72 Å². The van der Waals surface area contributed by atoms with Gasteiger partial charge in [0, 0.05) is 36.1 Å². The topological polar surface area (TPSA) is 61.8 Å². The number of hydrogen-bond donors (Lipinski definition) is 1. The van der Waals surface area contributed by atoms with E-state index in [1.165, 1.54) is 12.1 Å². The van der Waals surface area contributed by atoms with Crippen LogP contribution in [0.4, 0.5) is 10.1 Å². The first-order valence-corrected chi connectivity index (χ1v) is 11.5. The van der Waals surface area contributed by atoms with Gasteiger partial charge in [0.1, 0.15) is 11.7 Å². The third-order valence-electron chi connectivity index (χ3n) is 4.94. The molecule has 0 heterocycles. The van der Waals surface area contributed by atoms with Crippen LogP contribution in [0.15, 0.2) is 83.2 Å². The predicted molar refractivity (Wildman–Crippen MR) is 131 cm³/mol. The summed E-state index contributed by atoms with van der Waals surface area (Å²) in [4.78, 5) is 6.56. The van der Waals surface area contributed by atoms with E-state index in [9.17, 15) is 12.8 Å². The zero-order valence-electron chi connectivity index (χ0n) is 18.6. The number of aliphatic imine (C=N–C) groups is 1. The van der Waals surface area contributed by atoms with Crippen molar-refractivity contribution in [1.82, 2.24) is 4.72 Å². The van der Waals surface area contributed by atoms with E-state index in [2.05, 4.69) is 16.3 Å². The van der Waals surface area contributed by atoms with Gasteiger partial charge in [0.15, 0.2) is 0 Å². The zero-order chi connectivity index (χ0) is 23.5. The molecule has 1 N–H and O–H groups in total. The second-order valence-electron chi connectivity index (χ2n) is 7.57. The molecule has 3 aromatic rings. The molecule has 0 saturated heterocycles. The molecule has 3 aromatic carbocycles. The monoisotopic (exact) mass is 451 g/mol. The third kappa shape index (κ3) is 4.89. The Morgan fingerprint density at radius 1 is 1.09 bits per heavy atom. The van der Waals surface area contributed by atoms with E-state index < -0.39 is 10.0 Å². The van der Waals surface area contributed by atoms with E-state index in [1.807, 2.05) is 37.2 Å². The smallest absolute Gasteiger partial charge is 0.263 e. The van der Waals surface area contributed by atoms with Crippen LogP contribution < -0.4 is 9.62 Å². The van der Waals surface area contributed by atoms with Crippen LogP contribution in [0.2, 0.25) is 0 Å². The normalized spacial score (nSPS) is 12.7. The molecule has 0 bridgehead atoms. The summed E-state index contributed by atoms with van der Waals surface area (Å²) < 4.78 is 42.5. The van der Waals surface area contributed by atoms with Crippen LogP contribution >= 0.6 is 0 Å². The largest absolute Gasteiger partial charge is 0.377 e. The van der Waals surface area contributed by atoms with Gasteiger partial charge in [-0.05, 0) is 55.8 Å². The zero-order valence-corrected chi connectivity index (χ0v) is 19.4. The summed E-state index contributed by atoms with van der Waals surface area (Å²) in [6, 6.07) is 15.1. The molecular formula is C25H26FN3O2S. The highest BCUT2D eigenvalue weighted by Gasteiger charge is 2.19. The molecule has 3 rings (SSSR count). The number of nitrogens with zero attached hydrogens (tertiary/aromatic N) is 2. The van der Waals surface area contributed by atoms with E-state index in [4.69, 9.17) is 0 Å². The maximum atomic E-state index is 13.5. The molecule has 0 aliphatic rings. The van der Waals surface area contributed by atoms with Crippen LogP contribution in [0.25, 0.3) is 16.5 Å². The summed E-state index contributed by atoms with van der Waals surface area (Å²) in [6.45, 7) is 7.04. The standard InChI is InChI=1S/C25H26FN3O2S/c1-6-9-23(20-15-14-19(26)16-17(20)2)27-18(3)28-32(30,31)25-13-8-10-21-22(25)11-7-12-24(21)29(4)5/h6-16H,1H2,2-5H3,(H,27,28)/b23-9-. The minimum absolute atomic E-state index is 0.167. The SMILES string of the molecule is C=C/C=C(\N=C(/C)NS(=O)(=O)c1cccc2c(N(C)C)cccc12)c1ccc(F)cc1C. The molecule has 0 aliphatic heterocycles. The van der Waals surface area contributed by atoms with Crippen molar-refractivity contribution in [2.45, 2.75) is 18.7 Å². The minimum Gasteiger partial charge on any atom is -0.377 e. The Morgan fingerprint density at radius 3 is 2.44 bits per heavy atom. The number of nitrogens with one attached hydrogen (secondary N) is 1. The number of hydrogen-bond acceptors (Lipinski definition) is 4. The van der Waals surface area contributed by atoms with Crippen molar-refractivity contribution < 1.29 is 12.8 Å². The molecule has 0 atom stereocenters. The van der Waals surface area contributed by atoms with Crippen molar-refractivity contribution in [3.63, 3.8) is 0 Å². The fourth-order valence-corrected chi connectivity index (χ4v) is 4.82. The van der Waals surface area contributed by atoms with E-state index in [-0.39, 0.29) is 16.5 Å². The summed E-state index contributed by atoms with van der Waals surface area (Å²) in [5.74, 6) is -0.166. The van der Waals surface area contributed by atoms with Crippen LogP contribution in [0.3, 0.4) is 0 Å². The van der Waals surface area contributed by atoms with Gasteiger partial charge in [-0.15, -0.1) is 0 Å². The maximum absolute atomic E-state index is 13.5. The molecule has 0 saturated carbocycles. The quantitative estimate of drug-likeness (QED) is 0.315. The van der Waals surface area contributed by atoms with Gasteiger partial charge >= 0.3 is 0 Å². The molecule has 7 heteroatoms. The number of amidine groups is 1. The highest BCUT2D eigenvalue weighted by atomic mass is 32.2. The molecule has 0 aromatic heterocycles. The van der Waals surface area contributed by atoms with Crippen molar-refractivity contribution in [2.24, 2.45) is 4.99 Å². The molecule has 32 heavy (non-hydrogen) atoms. The van der Waals surface area contributed by atoms with Crippen molar-refractivity contribution in [2.75, 3.05) is 19.0 Å². The summed E-state index contributed by atoms with van der Waals surface area (Å²) in [6.07, 6.45) is 3.20. The lowest BCUT2D eigenvalue weighted by Gasteiger charge is -2.17. The first-order chi connectivity index (χ1) is 15.1. The van der Waals surface area contributed by atoms with Crippen molar-refractivity contribution in [1.29, 1.82) is 0 Å². The molecule has 0 amide bonds. The van der Waals surface area contributed by atoms with E-state index in [0.717, 1.165) is 11.1 Å². The first-order valence-electron chi connectivity index (χ1n) is 10.0. The van der Waals surface area contributed by atoms with Crippen LogP contribution in [-0.4, -0.2) is 28.3 Å². The highest BCUT2D eigenvalue weighted by Crippen LogP contribution is 2.30. The average molecular weight is 452 g/mol. The lowest BCUT2D eigenvalue weighted by Crippen LogP contribution is -2.28. The predicted octanol–water partition coefficient (Wildman–Crippen LogP) is 5.28.